The molecule has 4 aliphatic rings. The number of nitrogens with zero attached hydrogens (tertiary/aromatic N) is 1. The van der Waals surface area contributed by atoms with E-state index >= 15 is 0 Å². The summed E-state index contributed by atoms with van der Waals surface area (Å²) in [6.45, 7) is 4.23. The lowest BCUT2D eigenvalue weighted by Crippen LogP contribution is -2.39. The number of amides is 1. The molecule has 1 N–H and O–H groups in total. The number of alkyl carbamates (subject to hydrolysis) is 1. The van der Waals surface area contributed by atoms with Gasteiger partial charge in [0, 0.05) is 19.0 Å². The number of rotatable bonds is 5. The Morgan fingerprint density at radius 2 is 1.91 bits per heavy atom. The van der Waals surface area contributed by atoms with Gasteiger partial charge >= 0.3 is 6.09 Å². The molecule has 1 aromatic rings. The molecule has 5 rings (SSSR count). The van der Waals surface area contributed by atoms with Gasteiger partial charge in [0.05, 0.1) is 14.2 Å². The van der Waals surface area contributed by atoms with Gasteiger partial charge in [0.15, 0.2) is 11.5 Å². The third-order valence-electron chi connectivity index (χ3n) is 7.90. The summed E-state index contributed by atoms with van der Waals surface area (Å²) < 4.78 is 15.7. The molecule has 1 heterocycles. The smallest absolute Gasteiger partial charge is 0.412 e. The predicted molar refractivity (Wildman–Crippen MR) is 134 cm³/mol. The minimum absolute atomic E-state index is 0.254. The Kier molecular flexibility index (Phi) is 7.87. The van der Waals surface area contributed by atoms with Gasteiger partial charge in [-0.05, 0) is 87.6 Å². The first kappa shape index (κ1) is 24.6. The molecule has 6 nitrogen and oxygen atoms in total. The predicted octanol–water partition coefficient (Wildman–Crippen LogP) is 5.55. The number of ether oxygens (including phenoxy) is 3. The van der Waals surface area contributed by atoms with Gasteiger partial charge in [-0.1, -0.05) is 30.7 Å². The van der Waals surface area contributed by atoms with E-state index in [1.807, 2.05) is 24.3 Å². The topological polar surface area (TPSA) is 60.0 Å². The number of benzene rings is 1. The largest absolute Gasteiger partial charge is 0.493 e. The van der Waals surface area contributed by atoms with Gasteiger partial charge in [-0.2, -0.15) is 0 Å². The van der Waals surface area contributed by atoms with E-state index in [1.165, 1.54) is 19.3 Å². The average Bonchev–Trinajstić information content (AvgIpc) is 3.37. The monoisotopic (exact) mass is 468 g/mol. The number of carbonyl (C=O) groups is 1. The highest BCUT2D eigenvalue weighted by molar-refractivity contribution is 5.68. The molecule has 1 amide bonds. The molecule has 1 saturated carbocycles. The van der Waals surface area contributed by atoms with Gasteiger partial charge in [-0.25, -0.2) is 4.79 Å². The molecule has 2 fully saturated rings. The molecular formula is C28H40N2O4. The minimum atomic E-state index is -0.263. The maximum Gasteiger partial charge on any atom is 0.412 e. The van der Waals surface area contributed by atoms with E-state index in [2.05, 4.69) is 36.3 Å². The second-order valence-corrected chi connectivity index (χ2v) is 10.5. The molecule has 0 aromatic heterocycles. The molecule has 6 heteroatoms. The van der Waals surface area contributed by atoms with Crippen molar-refractivity contribution in [1.29, 1.82) is 0 Å². The molecule has 2 bridgehead atoms. The van der Waals surface area contributed by atoms with Gasteiger partial charge in [0.25, 0.3) is 0 Å². The first-order valence-corrected chi connectivity index (χ1v) is 12.6. The highest BCUT2D eigenvalue weighted by Crippen LogP contribution is 2.49. The second kappa shape index (κ2) is 10.9. The molecule has 1 saturated heterocycles. The molecule has 1 aromatic carbocycles. The Hall–Kier alpha value is -2.47. The third kappa shape index (κ3) is 5.77. The van der Waals surface area contributed by atoms with Crippen molar-refractivity contribution >= 4 is 6.09 Å². The summed E-state index contributed by atoms with van der Waals surface area (Å²) in [7, 11) is 5.41. The number of nitrogens with one attached hydrogen (secondary N) is 1. The number of hydrogen-bond donors (Lipinski definition) is 1. The highest BCUT2D eigenvalue weighted by atomic mass is 16.6. The van der Waals surface area contributed by atoms with Crippen molar-refractivity contribution < 1.29 is 19.0 Å². The van der Waals surface area contributed by atoms with Gasteiger partial charge in [-0.15, -0.1) is 0 Å². The van der Waals surface area contributed by atoms with Crippen molar-refractivity contribution in [3.05, 3.63) is 47.7 Å². The van der Waals surface area contributed by atoms with E-state index in [-0.39, 0.29) is 11.5 Å². The normalized spacial score (nSPS) is 29.7. The number of fused-ring (bicyclic) bond motifs is 3. The first-order valence-electron chi connectivity index (χ1n) is 12.6. The Morgan fingerprint density at radius 3 is 2.62 bits per heavy atom. The van der Waals surface area contributed by atoms with Crippen LogP contribution in [0.1, 0.15) is 51.9 Å². The van der Waals surface area contributed by atoms with Crippen molar-refractivity contribution in [3.8, 4) is 11.5 Å². The summed E-state index contributed by atoms with van der Waals surface area (Å²) in [6.07, 6.45) is 12.4. The second-order valence-electron chi connectivity index (χ2n) is 10.5. The fourth-order valence-electron chi connectivity index (χ4n) is 6.28. The number of likely N-dealkylation sites (tertiary alicyclic amines) is 1. The van der Waals surface area contributed by atoms with E-state index in [1.54, 1.807) is 19.8 Å². The van der Waals surface area contributed by atoms with Crippen LogP contribution in [0.25, 0.3) is 0 Å². The van der Waals surface area contributed by atoms with Crippen LogP contribution in [0, 0.1) is 17.3 Å². The number of hydrogen-bond acceptors (Lipinski definition) is 5. The van der Waals surface area contributed by atoms with Crippen LogP contribution < -0.4 is 14.8 Å². The summed E-state index contributed by atoms with van der Waals surface area (Å²) >= 11 is 0. The molecular weight excluding hydrogens is 428 g/mol. The van der Waals surface area contributed by atoms with Gasteiger partial charge < -0.3 is 19.5 Å². The zero-order valence-corrected chi connectivity index (χ0v) is 21.1. The quantitative estimate of drug-likeness (QED) is 0.574. The van der Waals surface area contributed by atoms with Crippen molar-refractivity contribution in [2.45, 2.75) is 57.9 Å². The van der Waals surface area contributed by atoms with E-state index in [0.29, 0.717) is 6.04 Å². The maximum atomic E-state index is 12.3. The van der Waals surface area contributed by atoms with Crippen LogP contribution in [0.3, 0.4) is 0 Å². The van der Waals surface area contributed by atoms with Gasteiger partial charge in [-0.3, -0.25) is 4.90 Å². The number of likely N-dealkylation sites (N-methyl/N-ethyl adjacent to an activating group) is 1. The zero-order chi connectivity index (χ0) is 24.1. The lowest BCUT2D eigenvalue weighted by Gasteiger charge is -2.36. The Bertz CT molecular complexity index is 904. The highest BCUT2D eigenvalue weighted by Gasteiger charge is 2.40. The van der Waals surface area contributed by atoms with Gasteiger partial charge in [0.2, 0.25) is 0 Å². The van der Waals surface area contributed by atoms with Crippen LogP contribution in [-0.4, -0.2) is 51.4 Å². The number of methoxy groups -OCH3 is 2. The van der Waals surface area contributed by atoms with Gasteiger partial charge in [0.1, 0.15) is 5.76 Å². The molecule has 4 atom stereocenters. The maximum absolute atomic E-state index is 12.3. The van der Waals surface area contributed by atoms with Crippen molar-refractivity contribution in [2.24, 2.45) is 17.3 Å². The molecule has 34 heavy (non-hydrogen) atoms. The Morgan fingerprint density at radius 1 is 1.18 bits per heavy atom. The average molecular weight is 469 g/mol. The van der Waals surface area contributed by atoms with Crippen LogP contribution in [0.2, 0.25) is 0 Å². The van der Waals surface area contributed by atoms with Crippen molar-refractivity contribution in [3.63, 3.8) is 0 Å². The molecule has 0 spiro atoms. The van der Waals surface area contributed by atoms with Crippen LogP contribution in [0.15, 0.2) is 47.7 Å². The fraction of sp³-hybridized carbons (Fsp3) is 0.607. The summed E-state index contributed by atoms with van der Waals surface area (Å²) in [5.41, 5.74) is 1.85. The fourth-order valence-corrected chi connectivity index (χ4v) is 6.28. The standard InChI is InChI=1S/C20H30N2O2.C8H10O2/c1-14-9-15-5-7-20(11-14,12-15)13-21-19(23)24-17-4-3-16-6-8-22(2)18(16)10-17;1-9-7-5-3-4-6-8(7)10-2/h5,10,14,16,18H,3-4,6-9,11-13H2,1-2H3,(H,21,23);3-6H,1-2H3. The van der Waals surface area contributed by atoms with Crippen LogP contribution in [-0.2, 0) is 4.74 Å². The Balaban J connectivity index is 0.000000231. The molecule has 0 radical (unpaired) electrons. The van der Waals surface area contributed by atoms with E-state index in [4.69, 9.17) is 14.2 Å². The molecule has 4 unspecified atom stereocenters. The lowest BCUT2D eigenvalue weighted by atomic mass is 9.71. The van der Waals surface area contributed by atoms with Crippen molar-refractivity contribution in [1.82, 2.24) is 10.2 Å². The summed E-state index contributed by atoms with van der Waals surface area (Å²) in [5, 5.41) is 3.06. The third-order valence-corrected chi connectivity index (χ3v) is 7.90. The van der Waals surface area contributed by atoms with Crippen LogP contribution in [0.4, 0.5) is 4.79 Å². The summed E-state index contributed by atoms with van der Waals surface area (Å²) in [5.74, 6) is 3.88. The molecule has 186 valence electrons. The van der Waals surface area contributed by atoms with Crippen LogP contribution >= 0.6 is 0 Å². The van der Waals surface area contributed by atoms with Crippen molar-refractivity contribution in [2.75, 3.05) is 34.4 Å². The first-order chi connectivity index (χ1) is 16.4. The van der Waals surface area contributed by atoms with E-state index in [0.717, 1.165) is 67.9 Å². The Labute approximate surface area is 204 Å². The SMILES string of the molecule is CC1CC2=CCC(CNC(=O)OC3=CC4C(CC3)CCN4C)(C2)C1.COc1ccccc1OC. The summed E-state index contributed by atoms with van der Waals surface area (Å²) in [4.78, 5) is 14.7. The molecule has 1 aliphatic heterocycles. The zero-order valence-electron chi connectivity index (χ0n) is 21.1. The van der Waals surface area contributed by atoms with Crippen LogP contribution in [0.5, 0.6) is 11.5 Å². The minimum Gasteiger partial charge on any atom is -0.493 e. The molecule has 3 aliphatic carbocycles. The number of para-hydroxylation sites is 2. The van der Waals surface area contributed by atoms with E-state index < -0.39 is 0 Å². The summed E-state index contributed by atoms with van der Waals surface area (Å²) in [6, 6.07) is 7.99. The van der Waals surface area contributed by atoms with E-state index in [9.17, 15) is 4.79 Å². The number of carbonyl (C=O) groups excluding carboxylic acids is 1. The number of allylic oxidation sites excluding steroid dienone is 3. The lowest BCUT2D eigenvalue weighted by molar-refractivity contribution is 0.148.